The standard InChI is InChI=1S/C16H24N2O/c1-13(2)18(12-15-8-9-16(19)17-15)11-10-14-6-4-3-5-7-14/h3-7,13,15H,8-12H2,1-2H3,(H,17,19). The Hall–Kier alpha value is -1.35. The van der Waals surface area contributed by atoms with Crippen molar-refractivity contribution in [3.63, 3.8) is 0 Å². The summed E-state index contributed by atoms with van der Waals surface area (Å²) < 4.78 is 0. The Morgan fingerprint density at radius 2 is 2.05 bits per heavy atom. The van der Waals surface area contributed by atoms with Gasteiger partial charge in [0.15, 0.2) is 0 Å². The molecule has 1 N–H and O–H groups in total. The van der Waals surface area contributed by atoms with Crippen molar-refractivity contribution in [1.82, 2.24) is 10.2 Å². The highest BCUT2D eigenvalue weighted by atomic mass is 16.1. The van der Waals surface area contributed by atoms with Gasteiger partial charge < -0.3 is 5.32 Å². The van der Waals surface area contributed by atoms with Crippen molar-refractivity contribution in [3.05, 3.63) is 35.9 Å². The molecule has 1 aliphatic heterocycles. The smallest absolute Gasteiger partial charge is 0.220 e. The predicted octanol–water partition coefficient (Wildman–Crippen LogP) is 2.22. The summed E-state index contributed by atoms with van der Waals surface area (Å²) in [5.74, 6) is 0.205. The first-order valence-electron chi connectivity index (χ1n) is 7.22. The summed E-state index contributed by atoms with van der Waals surface area (Å²) in [5, 5.41) is 3.06. The Balaban J connectivity index is 1.84. The second-order valence-corrected chi connectivity index (χ2v) is 5.63. The molecule has 0 bridgehead atoms. The summed E-state index contributed by atoms with van der Waals surface area (Å²) in [5.41, 5.74) is 1.38. The van der Waals surface area contributed by atoms with Crippen LogP contribution in [-0.4, -0.2) is 36.0 Å². The van der Waals surface area contributed by atoms with Crippen LogP contribution < -0.4 is 5.32 Å². The minimum absolute atomic E-state index is 0.205. The fourth-order valence-electron chi connectivity index (χ4n) is 2.58. The number of nitrogens with zero attached hydrogens (tertiary/aromatic N) is 1. The lowest BCUT2D eigenvalue weighted by Crippen LogP contribution is -2.42. The molecule has 104 valence electrons. The Bertz CT molecular complexity index is 402. The molecule has 19 heavy (non-hydrogen) atoms. The van der Waals surface area contributed by atoms with E-state index in [9.17, 15) is 4.79 Å². The number of benzene rings is 1. The van der Waals surface area contributed by atoms with Gasteiger partial charge in [-0.25, -0.2) is 0 Å². The molecule has 0 saturated carbocycles. The molecular formula is C16H24N2O. The molecule has 0 radical (unpaired) electrons. The van der Waals surface area contributed by atoms with Crippen LogP contribution >= 0.6 is 0 Å². The SMILES string of the molecule is CC(C)N(CCc1ccccc1)CC1CCC(=O)N1. The molecule has 1 aromatic carbocycles. The highest BCUT2D eigenvalue weighted by Crippen LogP contribution is 2.11. The van der Waals surface area contributed by atoms with Crippen LogP contribution in [0.2, 0.25) is 0 Å². The molecular weight excluding hydrogens is 236 g/mol. The Kier molecular flexibility index (Phi) is 4.97. The van der Waals surface area contributed by atoms with Crippen molar-refractivity contribution in [2.75, 3.05) is 13.1 Å². The van der Waals surface area contributed by atoms with Gasteiger partial charge in [0.25, 0.3) is 0 Å². The zero-order chi connectivity index (χ0) is 13.7. The molecule has 1 saturated heterocycles. The Morgan fingerprint density at radius 1 is 1.32 bits per heavy atom. The van der Waals surface area contributed by atoms with Crippen molar-refractivity contribution >= 4 is 5.91 Å². The summed E-state index contributed by atoms with van der Waals surface area (Å²) in [7, 11) is 0. The van der Waals surface area contributed by atoms with Crippen molar-refractivity contribution in [2.24, 2.45) is 0 Å². The maximum absolute atomic E-state index is 11.3. The van der Waals surface area contributed by atoms with Gasteiger partial charge in [-0.3, -0.25) is 9.69 Å². The van der Waals surface area contributed by atoms with Gasteiger partial charge in [0, 0.05) is 31.6 Å². The maximum atomic E-state index is 11.3. The fraction of sp³-hybridized carbons (Fsp3) is 0.562. The largest absolute Gasteiger partial charge is 0.352 e. The van der Waals surface area contributed by atoms with Crippen LogP contribution in [0, 0.1) is 0 Å². The number of hydrogen-bond acceptors (Lipinski definition) is 2. The zero-order valence-electron chi connectivity index (χ0n) is 11.9. The Morgan fingerprint density at radius 3 is 2.63 bits per heavy atom. The second kappa shape index (κ2) is 6.71. The van der Waals surface area contributed by atoms with Gasteiger partial charge in [-0.2, -0.15) is 0 Å². The third-order valence-electron chi connectivity index (χ3n) is 3.80. The van der Waals surface area contributed by atoms with Crippen molar-refractivity contribution < 1.29 is 4.79 Å². The minimum Gasteiger partial charge on any atom is -0.352 e. The first-order chi connectivity index (χ1) is 9.15. The van der Waals surface area contributed by atoms with Crippen LogP contribution in [0.15, 0.2) is 30.3 Å². The van der Waals surface area contributed by atoms with Crippen molar-refractivity contribution in [2.45, 2.75) is 45.2 Å². The van der Waals surface area contributed by atoms with E-state index in [2.05, 4.69) is 54.4 Å². The monoisotopic (exact) mass is 260 g/mol. The van der Waals surface area contributed by atoms with Gasteiger partial charge in [0.05, 0.1) is 0 Å². The second-order valence-electron chi connectivity index (χ2n) is 5.63. The van der Waals surface area contributed by atoms with Crippen LogP contribution in [-0.2, 0) is 11.2 Å². The van der Waals surface area contributed by atoms with E-state index >= 15 is 0 Å². The van der Waals surface area contributed by atoms with E-state index in [4.69, 9.17) is 0 Å². The molecule has 3 nitrogen and oxygen atoms in total. The van der Waals surface area contributed by atoms with Gasteiger partial charge in [0.2, 0.25) is 5.91 Å². The molecule has 1 aliphatic rings. The molecule has 1 heterocycles. The van der Waals surface area contributed by atoms with Gasteiger partial charge in [0.1, 0.15) is 0 Å². The molecule has 3 heteroatoms. The molecule has 1 amide bonds. The number of amides is 1. The van der Waals surface area contributed by atoms with Crippen LogP contribution in [0.25, 0.3) is 0 Å². The number of carbonyl (C=O) groups is 1. The first-order valence-corrected chi connectivity index (χ1v) is 7.22. The molecule has 0 spiro atoms. The Labute approximate surface area is 116 Å². The summed E-state index contributed by atoms with van der Waals surface area (Å²) >= 11 is 0. The van der Waals surface area contributed by atoms with Gasteiger partial charge >= 0.3 is 0 Å². The number of hydrogen-bond donors (Lipinski definition) is 1. The number of carbonyl (C=O) groups excluding carboxylic acids is 1. The lowest BCUT2D eigenvalue weighted by atomic mass is 10.1. The fourth-order valence-corrected chi connectivity index (χ4v) is 2.58. The lowest BCUT2D eigenvalue weighted by molar-refractivity contribution is -0.119. The van der Waals surface area contributed by atoms with Crippen LogP contribution in [0.1, 0.15) is 32.3 Å². The van der Waals surface area contributed by atoms with E-state index < -0.39 is 0 Å². The summed E-state index contributed by atoms with van der Waals surface area (Å²) in [6.45, 7) is 6.47. The average Bonchev–Trinajstić information content (AvgIpc) is 2.81. The highest BCUT2D eigenvalue weighted by molar-refractivity contribution is 5.78. The predicted molar refractivity (Wildman–Crippen MR) is 78.0 cm³/mol. The zero-order valence-corrected chi connectivity index (χ0v) is 11.9. The summed E-state index contributed by atoms with van der Waals surface area (Å²) in [6.07, 6.45) is 2.74. The number of nitrogens with one attached hydrogen (secondary N) is 1. The summed E-state index contributed by atoms with van der Waals surface area (Å²) in [6, 6.07) is 11.4. The van der Waals surface area contributed by atoms with Crippen LogP contribution in [0.4, 0.5) is 0 Å². The van der Waals surface area contributed by atoms with E-state index in [0.29, 0.717) is 18.5 Å². The van der Waals surface area contributed by atoms with Crippen LogP contribution in [0.3, 0.4) is 0 Å². The molecule has 0 aliphatic carbocycles. The van der Waals surface area contributed by atoms with Crippen LogP contribution in [0.5, 0.6) is 0 Å². The molecule has 0 aromatic heterocycles. The van der Waals surface area contributed by atoms with Gasteiger partial charge in [-0.15, -0.1) is 0 Å². The molecule has 2 rings (SSSR count). The highest BCUT2D eigenvalue weighted by Gasteiger charge is 2.23. The molecule has 1 aromatic rings. The van der Waals surface area contributed by atoms with E-state index in [-0.39, 0.29) is 5.91 Å². The third-order valence-corrected chi connectivity index (χ3v) is 3.80. The lowest BCUT2D eigenvalue weighted by Gasteiger charge is -2.29. The van der Waals surface area contributed by atoms with Crippen molar-refractivity contribution in [1.29, 1.82) is 0 Å². The molecule has 1 unspecified atom stereocenters. The van der Waals surface area contributed by atoms with E-state index in [0.717, 1.165) is 25.9 Å². The van der Waals surface area contributed by atoms with E-state index in [1.165, 1.54) is 5.56 Å². The number of rotatable bonds is 6. The van der Waals surface area contributed by atoms with Crippen molar-refractivity contribution in [3.8, 4) is 0 Å². The van der Waals surface area contributed by atoms with E-state index in [1.54, 1.807) is 0 Å². The maximum Gasteiger partial charge on any atom is 0.220 e. The minimum atomic E-state index is 0.205. The average molecular weight is 260 g/mol. The quantitative estimate of drug-likeness (QED) is 0.850. The first kappa shape index (κ1) is 14.1. The van der Waals surface area contributed by atoms with E-state index in [1.807, 2.05) is 0 Å². The normalized spacial score (nSPS) is 19.2. The molecule has 1 fully saturated rings. The molecule has 1 atom stereocenters. The van der Waals surface area contributed by atoms with Gasteiger partial charge in [-0.1, -0.05) is 30.3 Å². The third kappa shape index (κ3) is 4.35. The summed E-state index contributed by atoms with van der Waals surface area (Å²) in [4.78, 5) is 13.7. The topological polar surface area (TPSA) is 32.3 Å². The van der Waals surface area contributed by atoms with Gasteiger partial charge in [-0.05, 0) is 32.3 Å².